The second kappa shape index (κ2) is 7.27. The Balaban J connectivity index is 0.00000182. The van der Waals surface area contributed by atoms with Crippen LogP contribution in [0, 0.1) is 0 Å². The van der Waals surface area contributed by atoms with Crippen molar-refractivity contribution in [3.8, 4) is 22.3 Å². The zero-order chi connectivity index (χ0) is 16.7. The van der Waals surface area contributed by atoms with Crippen LogP contribution in [0.25, 0.3) is 27.9 Å². The fourth-order valence-electron chi connectivity index (χ4n) is 2.73. The van der Waals surface area contributed by atoms with E-state index in [-0.39, 0.29) is 17.0 Å². The first-order chi connectivity index (χ1) is 11.6. The average Bonchev–Trinajstić information content (AvgIpc) is 2.97. The molecule has 7 heteroatoms. The average molecular weight is 525 g/mol. The molecule has 2 N–H and O–H groups in total. The van der Waals surface area contributed by atoms with Crippen LogP contribution < -0.4 is 27.5 Å². The van der Waals surface area contributed by atoms with E-state index >= 15 is 0 Å². The molecule has 0 aliphatic carbocycles. The summed E-state index contributed by atoms with van der Waals surface area (Å²) in [4.78, 5) is 0. The molecule has 0 saturated heterocycles. The van der Waals surface area contributed by atoms with Gasteiger partial charge in [0.1, 0.15) is 6.20 Å². The lowest BCUT2D eigenvalue weighted by Gasteiger charge is -2.06. The van der Waals surface area contributed by atoms with Gasteiger partial charge in [-0.05, 0) is 41.5 Å². The van der Waals surface area contributed by atoms with Gasteiger partial charge in [-0.15, -0.1) is 4.68 Å². The molecule has 4 nitrogen and oxygen atoms in total. The van der Waals surface area contributed by atoms with E-state index in [9.17, 15) is 0 Å². The van der Waals surface area contributed by atoms with Crippen LogP contribution in [0.2, 0.25) is 0 Å². The van der Waals surface area contributed by atoms with Gasteiger partial charge in [0.15, 0.2) is 0 Å². The minimum atomic E-state index is 0. The third kappa shape index (κ3) is 3.49. The highest BCUT2D eigenvalue weighted by atomic mass is 79.9. The molecule has 0 fully saturated rings. The first-order valence-corrected chi connectivity index (χ1v) is 8.90. The Labute approximate surface area is 172 Å². The van der Waals surface area contributed by atoms with Crippen molar-refractivity contribution in [3.63, 3.8) is 0 Å². The Morgan fingerprint density at radius 3 is 2.00 bits per heavy atom. The van der Waals surface area contributed by atoms with E-state index in [0.29, 0.717) is 0 Å². The Hall–Kier alpha value is -1.70. The van der Waals surface area contributed by atoms with E-state index in [0.717, 1.165) is 36.8 Å². The number of fused-ring (bicyclic) bond motifs is 1. The van der Waals surface area contributed by atoms with Gasteiger partial charge in [0.25, 0.3) is 12.0 Å². The fourth-order valence-corrected chi connectivity index (χ4v) is 3.26. The number of halogens is 3. The van der Waals surface area contributed by atoms with Crippen molar-refractivity contribution in [2.75, 3.05) is 5.84 Å². The monoisotopic (exact) mass is 522 g/mol. The van der Waals surface area contributed by atoms with Gasteiger partial charge in [-0.2, -0.15) is 0 Å². The van der Waals surface area contributed by atoms with Crippen LogP contribution >= 0.6 is 31.9 Å². The summed E-state index contributed by atoms with van der Waals surface area (Å²) in [6, 6.07) is 18.6. The van der Waals surface area contributed by atoms with Crippen molar-refractivity contribution in [2.45, 2.75) is 0 Å². The molecule has 0 amide bonds. The normalized spacial score (nSPS) is 10.6. The zero-order valence-electron chi connectivity index (χ0n) is 12.9. The maximum absolute atomic E-state index is 6.07. The molecule has 4 aromatic rings. The van der Waals surface area contributed by atoms with Crippen LogP contribution in [-0.2, 0) is 0 Å². The second-order valence-electron chi connectivity index (χ2n) is 5.46. The van der Waals surface area contributed by atoms with Crippen LogP contribution in [-0.4, -0.2) is 9.61 Å². The highest BCUT2D eigenvalue weighted by Crippen LogP contribution is 2.30. The number of benzene rings is 2. The molecule has 0 aliphatic heterocycles. The molecule has 0 atom stereocenters. The summed E-state index contributed by atoms with van der Waals surface area (Å²) >= 11 is 6.96. The lowest BCUT2D eigenvalue weighted by atomic mass is 10.0. The minimum Gasteiger partial charge on any atom is -1.00 e. The predicted molar refractivity (Wildman–Crippen MR) is 102 cm³/mol. The summed E-state index contributed by atoms with van der Waals surface area (Å²) in [6.45, 7) is 0. The molecule has 0 spiro atoms. The van der Waals surface area contributed by atoms with Crippen LogP contribution in [0.1, 0.15) is 0 Å². The van der Waals surface area contributed by atoms with Crippen molar-refractivity contribution in [1.82, 2.24) is 9.61 Å². The molecule has 0 radical (unpaired) electrons. The zero-order valence-corrected chi connectivity index (χ0v) is 17.7. The molecular weight excluding hydrogens is 512 g/mol. The Morgan fingerprint density at radius 2 is 1.40 bits per heavy atom. The molecule has 0 aliphatic rings. The first kappa shape index (κ1) is 18.1. The van der Waals surface area contributed by atoms with Crippen molar-refractivity contribution >= 4 is 37.5 Å². The molecule has 25 heavy (non-hydrogen) atoms. The number of nitrogens with zero attached hydrogens (tertiary/aromatic N) is 3. The summed E-state index contributed by atoms with van der Waals surface area (Å²) < 4.78 is 5.46. The third-order valence-corrected chi connectivity index (χ3v) is 4.95. The summed E-state index contributed by atoms with van der Waals surface area (Å²) in [7, 11) is 0. The number of aromatic nitrogens is 3. The molecule has 2 aromatic heterocycles. The molecule has 4 rings (SSSR count). The maximum Gasteiger partial charge on any atom is 0.294 e. The summed E-state index contributed by atoms with van der Waals surface area (Å²) in [5, 5.41) is 4.36. The maximum atomic E-state index is 6.07. The van der Waals surface area contributed by atoms with E-state index in [2.05, 4.69) is 67.3 Å². The number of pyridine rings is 1. The van der Waals surface area contributed by atoms with Gasteiger partial charge < -0.3 is 17.0 Å². The Bertz CT molecular complexity index is 1020. The fraction of sp³-hybridized carbons (Fsp3) is 0. The standard InChI is InChI=1S/C18H13Br2N4.BrH/c19-15-5-1-12(2-6-15)14-9-17(13-3-7-16(20)8-4-13)18-23(21)11-22-24(18)10-14;/h1-11H,21H2;1H/q+1;/p-1. The van der Waals surface area contributed by atoms with Crippen LogP contribution in [0.5, 0.6) is 0 Å². The van der Waals surface area contributed by atoms with Crippen molar-refractivity contribution in [3.05, 3.63) is 76.1 Å². The highest BCUT2D eigenvalue weighted by molar-refractivity contribution is 9.10. The topological polar surface area (TPSA) is 47.2 Å². The molecule has 0 bridgehead atoms. The molecule has 0 saturated carbocycles. The summed E-state index contributed by atoms with van der Waals surface area (Å²) in [5.41, 5.74) is 5.16. The summed E-state index contributed by atoms with van der Waals surface area (Å²) in [5.74, 6) is 6.07. The minimum absolute atomic E-state index is 0. The lowest BCUT2D eigenvalue weighted by molar-refractivity contribution is -0.612. The van der Waals surface area contributed by atoms with Gasteiger partial charge in [-0.1, -0.05) is 60.6 Å². The van der Waals surface area contributed by atoms with E-state index < -0.39 is 0 Å². The van der Waals surface area contributed by atoms with E-state index in [1.54, 1.807) is 11.0 Å². The van der Waals surface area contributed by atoms with Crippen LogP contribution in [0.3, 0.4) is 0 Å². The number of nitrogen functional groups attached to an aromatic ring is 1. The SMILES string of the molecule is N[n+]1cnn2cc(-c3ccc(Br)cc3)cc(-c3ccc(Br)cc3)c21.[Br-]. The predicted octanol–water partition coefficient (Wildman–Crippen LogP) is 1.20. The van der Waals surface area contributed by atoms with Crippen molar-refractivity contribution in [1.29, 1.82) is 0 Å². The van der Waals surface area contributed by atoms with Gasteiger partial charge in [0, 0.05) is 19.6 Å². The van der Waals surface area contributed by atoms with E-state index in [4.69, 9.17) is 5.84 Å². The molecule has 0 unspecified atom stereocenters. The number of hydrogen-bond acceptors (Lipinski definition) is 2. The Morgan fingerprint density at radius 1 is 0.840 bits per heavy atom. The Kier molecular flexibility index (Phi) is 5.27. The number of hydrogen-bond donors (Lipinski definition) is 1. The van der Waals surface area contributed by atoms with Gasteiger partial charge in [0.05, 0.1) is 5.56 Å². The number of nitrogens with two attached hydrogens (primary N) is 1. The van der Waals surface area contributed by atoms with Crippen LogP contribution in [0.4, 0.5) is 0 Å². The molecule has 2 aromatic carbocycles. The van der Waals surface area contributed by atoms with Gasteiger partial charge in [-0.3, -0.25) is 5.84 Å². The highest BCUT2D eigenvalue weighted by Gasteiger charge is 2.18. The van der Waals surface area contributed by atoms with Gasteiger partial charge in [0.2, 0.25) is 0 Å². The van der Waals surface area contributed by atoms with Gasteiger partial charge in [-0.25, -0.2) is 0 Å². The summed E-state index contributed by atoms with van der Waals surface area (Å²) in [6.07, 6.45) is 3.60. The van der Waals surface area contributed by atoms with Crippen LogP contribution in [0.15, 0.2) is 76.1 Å². The molecular formula is C18H13Br3N4. The molecule has 126 valence electrons. The first-order valence-electron chi connectivity index (χ1n) is 7.32. The molecule has 2 heterocycles. The third-order valence-electron chi connectivity index (χ3n) is 3.90. The largest absolute Gasteiger partial charge is 1.00 e. The smallest absolute Gasteiger partial charge is 0.294 e. The number of rotatable bonds is 2. The second-order valence-corrected chi connectivity index (χ2v) is 7.29. The van der Waals surface area contributed by atoms with Crippen molar-refractivity contribution in [2.24, 2.45) is 0 Å². The quantitative estimate of drug-likeness (QED) is 0.316. The lowest BCUT2D eigenvalue weighted by Crippen LogP contribution is -3.00. The van der Waals surface area contributed by atoms with E-state index in [1.807, 2.05) is 35.0 Å². The van der Waals surface area contributed by atoms with E-state index in [1.165, 1.54) is 0 Å². The van der Waals surface area contributed by atoms with Crippen molar-refractivity contribution < 1.29 is 21.7 Å². The van der Waals surface area contributed by atoms with Gasteiger partial charge >= 0.3 is 0 Å².